The van der Waals surface area contributed by atoms with Crippen molar-refractivity contribution in [3.8, 4) is 0 Å². The van der Waals surface area contributed by atoms with Crippen LogP contribution in [-0.2, 0) is 4.79 Å². The highest BCUT2D eigenvalue weighted by molar-refractivity contribution is 5.95. The van der Waals surface area contributed by atoms with Gasteiger partial charge in [0.25, 0.3) is 0 Å². The molecule has 1 aromatic carbocycles. The van der Waals surface area contributed by atoms with E-state index in [1.165, 1.54) is 18.2 Å². The Balaban J connectivity index is 2.12. The summed E-state index contributed by atoms with van der Waals surface area (Å²) in [5.74, 6) is -0.413. The molecule has 3 nitrogen and oxygen atoms in total. The lowest BCUT2D eigenvalue weighted by atomic mass is 9.81. The first kappa shape index (κ1) is 12.9. The second-order valence-electron chi connectivity index (χ2n) is 5.65. The van der Waals surface area contributed by atoms with E-state index in [0.29, 0.717) is 5.69 Å². The molecular weight excluding hydrogens is 231 g/mol. The number of amides is 1. The molecule has 0 spiro atoms. The third-order valence-corrected chi connectivity index (χ3v) is 3.85. The van der Waals surface area contributed by atoms with Crippen LogP contribution in [0.25, 0.3) is 0 Å². The van der Waals surface area contributed by atoms with Gasteiger partial charge in [-0.25, -0.2) is 4.39 Å². The monoisotopic (exact) mass is 250 g/mol. The lowest BCUT2D eigenvalue weighted by molar-refractivity contribution is -0.122. The standard InChI is InChI=1S/C14H19FN2O/c1-14(2)7-3-4-10(14)13(18)17-12-6-5-9(15)8-11(12)16/h5-6,8,10H,3-4,7,16H2,1-2H3,(H,17,18). The maximum absolute atomic E-state index is 12.9. The number of halogens is 1. The molecule has 2 rings (SSSR count). The van der Waals surface area contributed by atoms with Crippen LogP contribution in [0.4, 0.5) is 15.8 Å². The second-order valence-corrected chi connectivity index (χ2v) is 5.65. The summed E-state index contributed by atoms with van der Waals surface area (Å²) in [7, 11) is 0. The van der Waals surface area contributed by atoms with Crippen LogP contribution in [-0.4, -0.2) is 5.91 Å². The molecule has 98 valence electrons. The summed E-state index contributed by atoms with van der Waals surface area (Å²) >= 11 is 0. The molecule has 1 aromatic rings. The molecule has 0 aromatic heterocycles. The van der Waals surface area contributed by atoms with Crippen molar-refractivity contribution >= 4 is 17.3 Å². The van der Waals surface area contributed by atoms with Crippen LogP contribution in [0.3, 0.4) is 0 Å². The topological polar surface area (TPSA) is 55.1 Å². The Morgan fingerprint density at radius 3 is 2.78 bits per heavy atom. The minimum Gasteiger partial charge on any atom is -0.397 e. The number of hydrogen-bond acceptors (Lipinski definition) is 2. The zero-order valence-corrected chi connectivity index (χ0v) is 10.8. The molecule has 1 unspecified atom stereocenters. The summed E-state index contributed by atoms with van der Waals surface area (Å²) in [6.45, 7) is 4.22. The average molecular weight is 250 g/mol. The van der Waals surface area contributed by atoms with Gasteiger partial charge in [-0.2, -0.15) is 0 Å². The van der Waals surface area contributed by atoms with Crippen molar-refractivity contribution in [3.05, 3.63) is 24.0 Å². The van der Waals surface area contributed by atoms with Gasteiger partial charge in [0.05, 0.1) is 11.4 Å². The predicted octanol–water partition coefficient (Wildman–Crippen LogP) is 3.17. The van der Waals surface area contributed by atoms with E-state index in [4.69, 9.17) is 5.73 Å². The number of hydrogen-bond donors (Lipinski definition) is 2. The smallest absolute Gasteiger partial charge is 0.228 e. The molecular formula is C14H19FN2O. The molecule has 3 N–H and O–H groups in total. The van der Waals surface area contributed by atoms with E-state index in [9.17, 15) is 9.18 Å². The van der Waals surface area contributed by atoms with Crippen molar-refractivity contribution in [1.29, 1.82) is 0 Å². The Bertz CT molecular complexity index is 471. The second kappa shape index (κ2) is 4.59. The van der Waals surface area contributed by atoms with Crippen LogP contribution < -0.4 is 11.1 Å². The van der Waals surface area contributed by atoms with Crippen LogP contribution in [0.5, 0.6) is 0 Å². The fraction of sp³-hybridized carbons (Fsp3) is 0.500. The first-order valence-electron chi connectivity index (χ1n) is 6.26. The van der Waals surface area contributed by atoms with Gasteiger partial charge in [0.1, 0.15) is 5.82 Å². The van der Waals surface area contributed by atoms with E-state index in [1.54, 1.807) is 0 Å². The fourth-order valence-electron chi connectivity index (χ4n) is 2.68. The number of benzene rings is 1. The summed E-state index contributed by atoms with van der Waals surface area (Å²) in [5.41, 5.74) is 6.46. The molecule has 0 saturated heterocycles. The molecule has 1 amide bonds. The van der Waals surface area contributed by atoms with Crippen molar-refractivity contribution in [3.63, 3.8) is 0 Å². The Morgan fingerprint density at radius 1 is 1.50 bits per heavy atom. The quantitative estimate of drug-likeness (QED) is 0.792. The van der Waals surface area contributed by atoms with Gasteiger partial charge in [0, 0.05) is 5.92 Å². The SMILES string of the molecule is CC1(C)CCCC1C(=O)Nc1ccc(F)cc1N. The van der Waals surface area contributed by atoms with Crippen molar-refractivity contribution in [2.24, 2.45) is 11.3 Å². The number of nitrogens with one attached hydrogen (secondary N) is 1. The van der Waals surface area contributed by atoms with Crippen LogP contribution in [0.2, 0.25) is 0 Å². The number of nitrogen functional groups attached to an aromatic ring is 1. The molecule has 1 saturated carbocycles. The molecule has 0 aliphatic heterocycles. The molecule has 18 heavy (non-hydrogen) atoms. The third-order valence-electron chi connectivity index (χ3n) is 3.85. The third kappa shape index (κ3) is 2.47. The van der Waals surface area contributed by atoms with Gasteiger partial charge in [-0.3, -0.25) is 4.79 Å². The minimum atomic E-state index is -0.397. The van der Waals surface area contributed by atoms with Gasteiger partial charge in [-0.15, -0.1) is 0 Å². The maximum atomic E-state index is 12.9. The fourth-order valence-corrected chi connectivity index (χ4v) is 2.68. The predicted molar refractivity (Wildman–Crippen MR) is 70.6 cm³/mol. The highest BCUT2D eigenvalue weighted by Gasteiger charge is 2.39. The molecule has 1 aliphatic rings. The Labute approximate surface area is 107 Å². The number of carbonyl (C=O) groups is 1. The van der Waals surface area contributed by atoms with Crippen LogP contribution in [0, 0.1) is 17.2 Å². The van der Waals surface area contributed by atoms with E-state index in [2.05, 4.69) is 19.2 Å². The van der Waals surface area contributed by atoms with Crippen molar-refractivity contribution in [2.75, 3.05) is 11.1 Å². The van der Waals surface area contributed by atoms with Gasteiger partial charge < -0.3 is 11.1 Å². The Kier molecular flexibility index (Phi) is 3.28. The lowest BCUT2D eigenvalue weighted by Crippen LogP contribution is -2.31. The average Bonchev–Trinajstić information content (AvgIpc) is 2.62. The molecule has 0 radical (unpaired) electrons. The zero-order chi connectivity index (χ0) is 13.3. The van der Waals surface area contributed by atoms with Crippen LogP contribution >= 0.6 is 0 Å². The Morgan fingerprint density at radius 2 is 2.22 bits per heavy atom. The molecule has 1 fully saturated rings. The van der Waals surface area contributed by atoms with Gasteiger partial charge in [0.2, 0.25) is 5.91 Å². The van der Waals surface area contributed by atoms with Gasteiger partial charge in [0.15, 0.2) is 0 Å². The van der Waals surface area contributed by atoms with E-state index in [0.717, 1.165) is 19.3 Å². The number of nitrogens with two attached hydrogens (primary N) is 1. The van der Waals surface area contributed by atoms with E-state index in [1.807, 2.05) is 0 Å². The molecule has 0 heterocycles. The largest absolute Gasteiger partial charge is 0.397 e. The zero-order valence-electron chi connectivity index (χ0n) is 10.8. The number of carbonyl (C=O) groups excluding carboxylic acids is 1. The Hall–Kier alpha value is -1.58. The van der Waals surface area contributed by atoms with Gasteiger partial charge in [-0.1, -0.05) is 20.3 Å². The summed E-state index contributed by atoms with van der Waals surface area (Å²) in [5, 5.41) is 2.80. The summed E-state index contributed by atoms with van der Waals surface area (Å²) in [6, 6.07) is 4.02. The molecule has 1 aliphatic carbocycles. The van der Waals surface area contributed by atoms with E-state index in [-0.39, 0.29) is 22.9 Å². The van der Waals surface area contributed by atoms with Crippen molar-refractivity contribution < 1.29 is 9.18 Å². The maximum Gasteiger partial charge on any atom is 0.228 e. The molecule has 0 bridgehead atoms. The van der Waals surface area contributed by atoms with Gasteiger partial charge >= 0.3 is 0 Å². The highest BCUT2D eigenvalue weighted by Crippen LogP contribution is 2.43. The number of rotatable bonds is 2. The highest BCUT2D eigenvalue weighted by atomic mass is 19.1. The first-order chi connectivity index (χ1) is 8.40. The number of anilines is 2. The van der Waals surface area contributed by atoms with E-state index >= 15 is 0 Å². The summed E-state index contributed by atoms with van der Waals surface area (Å²) in [4.78, 5) is 12.2. The van der Waals surface area contributed by atoms with E-state index < -0.39 is 5.82 Å². The van der Waals surface area contributed by atoms with Crippen molar-refractivity contribution in [2.45, 2.75) is 33.1 Å². The van der Waals surface area contributed by atoms with Crippen LogP contribution in [0.15, 0.2) is 18.2 Å². The van der Waals surface area contributed by atoms with Gasteiger partial charge in [-0.05, 0) is 36.5 Å². The van der Waals surface area contributed by atoms with Crippen molar-refractivity contribution in [1.82, 2.24) is 0 Å². The molecule has 1 atom stereocenters. The normalized spacial score (nSPS) is 21.8. The first-order valence-corrected chi connectivity index (χ1v) is 6.26. The van der Waals surface area contributed by atoms with Crippen LogP contribution in [0.1, 0.15) is 33.1 Å². The molecule has 4 heteroatoms. The summed E-state index contributed by atoms with van der Waals surface area (Å²) < 4.78 is 12.9. The lowest BCUT2D eigenvalue weighted by Gasteiger charge is -2.26. The minimum absolute atomic E-state index is 0.00181. The summed E-state index contributed by atoms with van der Waals surface area (Å²) in [6.07, 6.45) is 3.04.